The maximum atomic E-state index is 13.9. The van der Waals surface area contributed by atoms with Gasteiger partial charge in [-0.1, -0.05) is 87.2 Å². The van der Waals surface area contributed by atoms with Crippen LogP contribution in [-0.2, 0) is 26.8 Å². The van der Waals surface area contributed by atoms with Crippen molar-refractivity contribution in [2.75, 3.05) is 40.3 Å². The number of hydrogen-bond acceptors (Lipinski definition) is 6. The van der Waals surface area contributed by atoms with E-state index in [0.717, 1.165) is 129 Å². The van der Waals surface area contributed by atoms with Crippen molar-refractivity contribution < 1.29 is 72.4 Å². The zero-order valence-electron chi connectivity index (χ0n) is 65.6. The molecule has 0 aromatic heterocycles. The molecule has 0 amide bonds. The first kappa shape index (κ1) is 88.2. The fourth-order valence-corrected chi connectivity index (χ4v) is 21.3. The third-order valence-corrected chi connectivity index (χ3v) is 28.8. The van der Waals surface area contributed by atoms with Crippen molar-refractivity contribution in [3.63, 3.8) is 0 Å². The molecule has 576 valence electrons. The minimum atomic E-state index is -3.26. The van der Waals surface area contributed by atoms with E-state index in [4.69, 9.17) is 20.7 Å². The molecule has 15 heteroatoms. The van der Waals surface area contributed by atoms with E-state index in [0.29, 0.717) is 18.2 Å². The van der Waals surface area contributed by atoms with Crippen molar-refractivity contribution in [2.24, 2.45) is 11.8 Å². The average Bonchev–Trinajstić information content (AvgIpc) is 1.06. The Bertz CT molecular complexity index is 4570. The fraction of sp³-hybridized carbons (Fsp3) is 0.229. The van der Waals surface area contributed by atoms with Crippen molar-refractivity contribution in [1.29, 1.82) is 0 Å². The molecule has 0 spiro atoms. The Balaban J connectivity index is 0.000000245. The molecule has 14 rings (SSSR count). The Morgan fingerprint density at radius 1 is 0.477 bits per heavy atom. The summed E-state index contributed by atoms with van der Waals surface area (Å²) < 4.78 is 103. The van der Waals surface area contributed by atoms with E-state index in [2.05, 4.69) is 207 Å². The number of ether oxygens (including phenoxy) is 3. The van der Waals surface area contributed by atoms with Gasteiger partial charge in [0.1, 0.15) is 23.3 Å². The molecule has 2 N–H and O–H groups in total. The number of benzene rings is 12. The molecule has 5 nitrogen and oxygen atoms in total. The molecule has 2 fully saturated rings. The molecule has 2 saturated heterocycles. The van der Waals surface area contributed by atoms with Crippen LogP contribution in [0.1, 0.15) is 80.8 Å². The Labute approximate surface area is 682 Å². The van der Waals surface area contributed by atoms with Crippen molar-refractivity contribution in [3.8, 4) is 66.8 Å². The van der Waals surface area contributed by atoms with Gasteiger partial charge in [-0.2, -0.15) is 12.6 Å². The second-order valence-electron chi connectivity index (χ2n) is 28.4. The van der Waals surface area contributed by atoms with Crippen LogP contribution in [-0.4, -0.2) is 67.8 Å². The number of halogens is 7. The van der Waals surface area contributed by atoms with Gasteiger partial charge in [-0.15, -0.1) is 0 Å². The van der Waals surface area contributed by atoms with E-state index in [1.165, 1.54) is 88.7 Å². The van der Waals surface area contributed by atoms with Crippen LogP contribution in [0.25, 0.3) is 72.8 Å². The molecule has 2 aliphatic heterocycles. The van der Waals surface area contributed by atoms with E-state index in [-0.39, 0.29) is 92.6 Å². The van der Waals surface area contributed by atoms with Gasteiger partial charge >= 0.3 is 268 Å². The molecule has 0 aliphatic carbocycles. The summed E-state index contributed by atoms with van der Waals surface area (Å²) in [6, 6.07) is 90.1. The number of methoxy groups -OCH3 is 1. The molecule has 111 heavy (non-hydrogen) atoms. The molecular formula is C96H101BrF6LiO5PS. The fourth-order valence-electron chi connectivity index (χ4n) is 13.6. The third-order valence-electron chi connectivity index (χ3n) is 19.3. The van der Waals surface area contributed by atoms with E-state index in [1.54, 1.807) is 55.6 Å². The second-order valence-corrected chi connectivity index (χ2v) is 37.4. The van der Waals surface area contributed by atoms with Gasteiger partial charge in [0, 0.05) is 34.5 Å². The average molecular weight is 1600 g/mol. The number of aliphatic hydroxyl groups is 2. The van der Waals surface area contributed by atoms with Crippen LogP contribution in [0.5, 0.6) is 0 Å². The molecule has 0 saturated carbocycles. The molecule has 0 bridgehead atoms. The number of thiol groups is 1. The Kier molecular flexibility index (Phi) is 33.7. The summed E-state index contributed by atoms with van der Waals surface area (Å²) in [7, 11) is 2.73. The van der Waals surface area contributed by atoms with Gasteiger partial charge in [-0.05, 0) is 188 Å². The van der Waals surface area contributed by atoms with Crippen molar-refractivity contribution in [2.45, 2.75) is 91.2 Å². The molecule has 2 aliphatic rings. The Morgan fingerprint density at radius 2 is 0.766 bits per heavy atom. The zero-order chi connectivity index (χ0) is 78.9. The van der Waals surface area contributed by atoms with Crippen molar-refractivity contribution >= 4 is 55.4 Å². The minimum absolute atomic E-state index is 0. The number of rotatable bonds is 18. The summed E-state index contributed by atoms with van der Waals surface area (Å²) in [4.78, 5) is 0. The summed E-state index contributed by atoms with van der Waals surface area (Å²) in [6.45, 7) is 12.1. The first-order valence-corrected chi connectivity index (χ1v) is 41.3. The zero-order valence-corrected chi connectivity index (χ0v) is 67.0. The van der Waals surface area contributed by atoms with Crippen LogP contribution < -0.4 is 34.8 Å². The van der Waals surface area contributed by atoms with Crippen LogP contribution >= 0.6 is 33.4 Å². The molecular weight excluding hydrogens is 1500 g/mol. The normalized spacial score (nSPS) is 15.1. The largest absolute Gasteiger partial charge is 1.00 e. The van der Waals surface area contributed by atoms with Gasteiger partial charge in [0.2, 0.25) is 0 Å². The van der Waals surface area contributed by atoms with Gasteiger partial charge in [0.05, 0.1) is 30.5 Å². The number of hydrogen-bond donors (Lipinski definition) is 3. The monoisotopic (exact) mass is 1600 g/mol. The first-order valence-electron chi connectivity index (χ1n) is 37.0. The summed E-state index contributed by atoms with van der Waals surface area (Å²) in [5.41, 5.74) is 14.8. The SMILES string of the molecule is C.CC1(C)C[C@H](/C=C/c2cc(-c3ccc(F)cc3)cc(-c3ccc(F)cc3)c2)CO1.CO.CO[C@H]1COC(C)(C)C1.C[C@@H](CO)CCc1cc(-c2ccc(F)cc2)cc(-c2ccc(F)cc2)c1.Fc1ccc(-c2cc(CP(Br)(c3ccccc3)(c3ccccc3)c3ccccc3)cc(-c3ccc(F)cc3)c2)cc1.[2H]CS.[H-].[Li+]. The molecule has 0 unspecified atom stereocenters. The van der Waals surface area contributed by atoms with Crippen molar-refractivity contribution in [3.05, 3.63) is 349 Å². The Morgan fingerprint density at radius 3 is 1.03 bits per heavy atom. The first-order chi connectivity index (χ1) is 52.9. The van der Waals surface area contributed by atoms with E-state index in [9.17, 15) is 31.4 Å². The van der Waals surface area contributed by atoms with E-state index < -0.39 is 5.31 Å². The topological polar surface area (TPSA) is 68.2 Å². The minimum Gasteiger partial charge on any atom is -1.00 e. The van der Waals surface area contributed by atoms with Crippen LogP contribution in [0.15, 0.2) is 297 Å². The molecule has 3 atom stereocenters. The summed E-state index contributed by atoms with van der Waals surface area (Å²) in [5.74, 6) is -0.967. The molecule has 12 aromatic rings. The molecule has 0 radical (unpaired) electrons. The molecule has 12 aromatic carbocycles. The summed E-state index contributed by atoms with van der Waals surface area (Å²) in [6.07, 6.45) is 9.27. The van der Waals surface area contributed by atoms with Gasteiger partial charge in [0.25, 0.3) is 0 Å². The van der Waals surface area contributed by atoms with Gasteiger partial charge < -0.3 is 25.9 Å². The maximum absolute atomic E-state index is 13.9. The smallest absolute Gasteiger partial charge is 1.00 e. The van der Waals surface area contributed by atoms with Crippen LogP contribution in [0.4, 0.5) is 26.3 Å². The predicted molar refractivity (Wildman–Crippen MR) is 458 cm³/mol. The van der Waals surface area contributed by atoms with Crippen molar-refractivity contribution in [1.82, 2.24) is 0 Å². The Hall–Kier alpha value is -8.38. The van der Waals surface area contributed by atoms with E-state index in [1.807, 2.05) is 37.3 Å². The quantitative estimate of drug-likeness (QED) is 0.0346. The number of aliphatic hydroxyl groups excluding tert-OH is 2. The van der Waals surface area contributed by atoms with Crippen LogP contribution in [0.3, 0.4) is 0 Å². The summed E-state index contributed by atoms with van der Waals surface area (Å²) >= 11 is 8.02. The van der Waals surface area contributed by atoms with Crippen LogP contribution in [0, 0.1) is 46.7 Å². The maximum Gasteiger partial charge on any atom is 1.00 e. The van der Waals surface area contributed by atoms with Crippen LogP contribution in [0.2, 0.25) is 0 Å². The van der Waals surface area contributed by atoms with Gasteiger partial charge in [-0.3, -0.25) is 0 Å². The second kappa shape index (κ2) is 42.5. The number of aryl methyl sites for hydroxylation is 1. The molecule has 2 heterocycles. The van der Waals surface area contributed by atoms with E-state index >= 15 is 0 Å². The third kappa shape index (κ3) is 24.8. The van der Waals surface area contributed by atoms with Gasteiger partial charge in [-0.25, -0.2) is 17.6 Å². The standard InChI is InChI=1S/C37H28BrF2P.C26H24F2O.C23H22F2O.C7H14O2.CH4O.CH4S.CH4.Li.H/c38-41(35-10-4-1-5-11-35,36-12-6-2-7-13-36,37-14-8-3-9-15-37)27-28-24-31(29-16-20-33(39)21-17-29)26-32(25-28)30-18-22-34(40)23-19-30;1-26(2)16-19(17-29-26)4-3-18-13-22(20-5-9-24(27)10-6-20)15-23(14-18)21-7-11-25(28)12-8-21;1-16(15-26)2-3-17-12-20(18-4-8-22(24)9-5-18)14-21(13-17)19-6-10-23(25)11-7-19;1-7(2)4-6(8-3)5-9-7;2*1-2;;;/h1-26H,27H2;3-15,19H,16-17H2,1-2H3;4-14,16,26H,2-3,15H2,1H3;6H,4-5H2,1-3H3;2*2H,1H3;1H4;;/q;;;;;;;+1;-1/b;4-3+;;;;;;;/t;19-;16-;6-;;;;;/m.011...../s1/i;;;;;1D;;;. The summed E-state index contributed by atoms with van der Waals surface area (Å²) in [5, 5.41) is 16.7. The predicted octanol–water partition coefficient (Wildman–Crippen LogP) is 21.7. The van der Waals surface area contributed by atoms with Gasteiger partial charge in [0.15, 0.2) is 0 Å².